The van der Waals surface area contributed by atoms with Crippen molar-refractivity contribution in [2.24, 2.45) is 0 Å². The van der Waals surface area contributed by atoms with Gasteiger partial charge in [-0.1, -0.05) is 12.1 Å². The summed E-state index contributed by atoms with van der Waals surface area (Å²) in [6.45, 7) is 2.10. The Morgan fingerprint density at radius 3 is 2.03 bits per heavy atom. The average molecular weight is 501 g/mol. The molecular formula is C25H22F7NO2. The highest BCUT2D eigenvalue weighted by Crippen LogP contribution is 2.40. The Labute approximate surface area is 197 Å². The predicted octanol–water partition coefficient (Wildman–Crippen LogP) is 6.66. The molecule has 35 heavy (non-hydrogen) atoms. The van der Waals surface area contributed by atoms with E-state index in [1.807, 2.05) is 4.90 Å². The number of ketones is 1. The summed E-state index contributed by atoms with van der Waals surface area (Å²) in [4.78, 5) is 13.6. The number of nitrogens with zero attached hydrogens (tertiary/aromatic N) is 1. The van der Waals surface area contributed by atoms with E-state index in [-0.39, 0.29) is 29.9 Å². The van der Waals surface area contributed by atoms with Crippen molar-refractivity contribution in [2.45, 2.75) is 50.2 Å². The summed E-state index contributed by atoms with van der Waals surface area (Å²) in [5, 5.41) is 0. The molecule has 10 heteroatoms. The highest BCUT2D eigenvalue weighted by Gasteiger charge is 2.40. The van der Waals surface area contributed by atoms with Gasteiger partial charge in [-0.15, -0.1) is 0 Å². The Bertz CT molecular complexity index is 1090. The lowest BCUT2D eigenvalue weighted by Crippen LogP contribution is -2.25. The Balaban J connectivity index is 1.64. The minimum absolute atomic E-state index is 0.0142. The maximum Gasteiger partial charge on any atom is 0.416 e. The van der Waals surface area contributed by atoms with Crippen molar-refractivity contribution in [3.05, 3.63) is 82.3 Å². The number of carbonyl (C=O) groups is 1. The molecule has 0 bridgehead atoms. The van der Waals surface area contributed by atoms with E-state index >= 15 is 0 Å². The fourth-order valence-electron chi connectivity index (χ4n) is 4.56. The van der Waals surface area contributed by atoms with Crippen LogP contribution in [0.5, 0.6) is 0 Å². The minimum atomic E-state index is -4.96. The third kappa shape index (κ3) is 5.69. The fraction of sp³-hybridized carbons (Fsp3) is 0.400. The lowest BCUT2D eigenvalue weighted by atomic mass is 9.95. The van der Waals surface area contributed by atoms with Gasteiger partial charge in [-0.05, 0) is 54.8 Å². The number of alkyl halides is 6. The number of rotatable bonds is 5. The molecule has 1 saturated heterocycles. The van der Waals surface area contributed by atoms with Gasteiger partial charge in [-0.2, -0.15) is 26.3 Å². The summed E-state index contributed by atoms with van der Waals surface area (Å²) in [5.41, 5.74) is -1.54. The van der Waals surface area contributed by atoms with E-state index < -0.39 is 41.5 Å². The molecular weight excluding hydrogens is 479 g/mol. The molecule has 2 aromatic carbocycles. The van der Waals surface area contributed by atoms with Gasteiger partial charge in [0.25, 0.3) is 0 Å². The molecule has 1 aliphatic heterocycles. The van der Waals surface area contributed by atoms with Crippen LogP contribution in [0.1, 0.15) is 54.0 Å². The highest BCUT2D eigenvalue weighted by atomic mass is 19.4. The molecule has 4 rings (SSSR count). The van der Waals surface area contributed by atoms with Crippen LogP contribution in [-0.2, 0) is 21.9 Å². The first-order chi connectivity index (χ1) is 16.3. The minimum Gasteiger partial charge on any atom is -0.371 e. The zero-order valence-electron chi connectivity index (χ0n) is 18.6. The van der Waals surface area contributed by atoms with Gasteiger partial charge < -0.3 is 9.64 Å². The van der Waals surface area contributed by atoms with E-state index in [1.165, 1.54) is 25.1 Å². The number of benzene rings is 2. The zero-order valence-corrected chi connectivity index (χ0v) is 18.6. The Morgan fingerprint density at radius 2 is 1.51 bits per heavy atom. The molecule has 0 N–H and O–H groups in total. The average Bonchev–Trinajstić information content (AvgIpc) is 3.39. The van der Waals surface area contributed by atoms with Crippen molar-refractivity contribution in [2.75, 3.05) is 13.1 Å². The molecule has 1 fully saturated rings. The van der Waals surface area contributed by atoms with Crippen molar-refractivity contribution >= 4 is 5.78 Å². The Hall–Kier alpha value is -2.88. The standard InChI is InChI=1S/C25H22F7NO2/c1-14(16-8-17(24(27,28)29)10-18(9-16)25(30,31)32)35-23-13-33(20-6-7-21(34)11-20)12-22(23)15-2-4-19(26)5-3-15/h2-5,8-11,14,22-23H,6-7,12-13H2,1H3/t14?,22-,23-/m0/s1. The molecule has 1 heterocycles. The maximum absolute atomic E-state index is 13.5. The van der Waals surface area contributed by atoms with Crippen molar-refractivity contribution < 1.29 is 40.3 Å². The number of carbonyl (C=O) groups excluding carboxylic acids is 1. The van der Waals surface area contributed by atoms with Gasteiger partial charge >= 0.3 is 12.4 Å². The third-order valence-corrected chi connectivity index (χ3v) is 6.38. The first-order valence-electron chi connectivity index (χ1n) is 11.0. The molecule has 0 aromatic heterocycles. The topological polar surface area (TPSA) is 29.5 Å². The van der Waals surface area contributed by atoms with Crippen LogP contribution in [0.25, 0.3) is 0 Å². The van der Waals surface area contributed by atoms with Gasteiger partial charge in [-0.3, -0.25) is 4.79 Å². The summed E-state index contributed by atoms with van der Waals surface area (Å²) < 4.78 is 99.3. The molecule has 2 aliphatic rings. The van der Waals surface area contributed by atoms with Crippen LogP contribution in [-0.4, -0.2) is 29.9 Å². The second-order valence-electron chi connectivity index (χ2n) is 8.82. The van der Waals surface area contributed by atoms with Crippen LogP contribution in [0.4, 0.5) is 30.7 Å². The SMILES string of the molecule is CC(O[C@H]1CN(C2=CC(=O)CC2)C[C@H]1c1ccc(F)cc1)c1cc(C(F)(F)F)cc(C(F)(F)F)c1. The van der Waals surface area contributed by atoms with E-state index in [9.17, 15) is 35.5 Å². The van der Waals surface area contributed by atoms with Crippen LogP contribution in [0.15, 0.2) is 54.2 Å². The van der Waals surface area contributed by atoms with Crippen molar-refractivity contribution in [1.82, 2.24) is 4.90 Å². The normalized spacial score (nSPS) is 22.0. The van der Waals surface area contributed by atoms with Crippen LogP contribution >= 0.6 is 0 Å². The quantitative estimate of drug-likeness (QED) is 0.430. The van der Waals surface area contributed by atoms with E-state index in [0.717, 1.165) is 11.3 Å². The van der Waals surface area contributed by atoms with Crippen LogP contribution in [0.3, 0.4) is 0 Å². The van der Waals surface area contributed by atoms with Crippen LogP contribution in [0, 0.1) is 5.82 Å². The van der Waals surface area contributed by atoms with E-state index in [1.54, 1.807) is 12.1 Å². The summed E-state index contributed by atoms with van der Waals surface area (Å²) in [5.74, 6) is -0.788. The lowest BCUT2D eigenvalue weighted by Gasteiger charge is -2.25. The number of allylic oxidation sites excluding steroid dienone is 2. The molecule has 188 valence electrons. The van der Waals surface area contributed by atoms with E-state index in [4.69, 9.17) is 4.74 Å². The number of likely N-dealkylation sites (tertiary alicyclic amines) is 1. The molecule has 2 aromatic rings. The van der Waals surface area contributed by atoms with Gasteiger partial charge in [0.15, 0.2) is 5.78 Å². The van der Waals surface area contributed by atoms with Gasteiger partial charge in [0.2, 0.25) is 0 Å². The van der Waals surface area contributed by atoms with Gasteiger partial charge in [-0.25, -0.2) is 4.39 Å². The predicted molar refractivity (Wildman–Crippen MR) is 113 cm³/mol. The molecule has 1 unspecified atom stereocenters. The molecule has 0 radical (unpaired) electrons. The summed E-state index contributed by atoms with van der Waals surface area (Å²) >= 11 is 0. The van der Waals surface area contributed by atoms with Crippen LogP contribution in [0.2, 0.25) is 0 Å². The molecule has 3 atom stereocenters. The Kier molecular flexibility index (Phi) is 6.70. The first kappa shape index (κ1) is 25.2. The number of ether oxygens (including phenoxy) is 1. The fourth-order valence-corrected chi connectivity index (χ4v) is 4.56. The second kappa shape index (κ2) is 9.29. The molecule has 0 amide bonds. The molecule has 0 spiro atoms. The summed E-state index contributed by atoms with van der Waals surface area (Å²) in [6.07, 6.45) is -9.17. The first-order valence-corrected chi connectivity index (χ1v) is 11.0. The number of hydrogen-bond donors (Lipinski definition) is 0. The lowest BCUT2D eigenvalue weighted by molar-refractivity contribution is -0.143. The molecule has 0 saturated carbocycles. The van der Waals surface area contributed by atoms with E-state index in [2.05, 4.69) is 0 Å². The van der Waals surface area contributed by atoms with Gasteiger partial charge in [0.1, 0.15) is 5.82 Å². The van der Waals surface area contributed by atoms with Gasteiger partial charge in [0.05, 0.1) is 23.3 Å². The van der Waals surface area contributed by atoms with Crippen molar-refractivity contribution in [1.29, 1.82) is 0 Å². The second-order valence-corrected chi connectivity index (χ2v) is 8.82. The van der Waals surface area contributed by atoms with Gasteiger partial charge in [0, 0.05) is 37.2 Å². The summed E-state index contributed by atoms with van der Waals surface area (Å²) in [7, 11) is 0. The van der Waals surface area contributed by atoms with Crippen molar-refractivity contribution in [3.63, 3.8) is 0 Å². The number of hydrogen-bond acceptors (Lipinski definition) is 3. The monoisotopic (exact) mass is 501 g/mol. The Morgan fingerprint density at radius 1 is 0.914 bits per heavy atom. The molecule has 1 aliphatic carbocycles. The zero-order chi connectivity index (χ0) is 25.5. The summed E-state index contributed by atoms with van der Waals surface area (Å²) in [6, 6.07) is 7.11. The highest BCUT2D eigenvalue weighted by molar-refractivity contribution is 5.92. The largest absolute Gasteiger partial charge is 0.416 e. The van der Waals surface area contributed by atoms with E-state index in [0.29, 0.717) is 31.5 Å². The smallest absolute Gasteiger partial charge is 0.371 e. The van der Waals surface area contributed by atoms with Crippen LogP contribution < -0.4 is 0 Å². The molecule has 3 nitrogen and oxygen atoms in total. The van der Waals surface area contributed by atoms with Crippen molar-refractivity contribution in [3.8, 4) is 0 Å². The maximum atomic E-state index is 13.5. The third-order valence-electron chi connectivity index (χ3n) is 6.38. The number of halogens is 7.